The van der Waals surface area contributed by atoms with Gasteiger partial charge in [0.05, 0.1) is 6.26 Å². The van der Waals surface area contributed by atoms with Crippen molar-refractivity contribution in [1.82, 2.24) is 14.9 Å². The highest BCUT2D eigenvalue weighted by Crippen LogP contribution is 2.24. The molecule has 3 rings (SSSR count). The van der Waals surface area contributed by atoms with Gasteiger partial charge in [-0.1, -0.05) is 0 Å². The second kappa shape index (κ2) is 5.87. The number of hydrogen-bond donors (Lipinski definition) is 1. The second-order valence-electron chi connectivity index (χ2n) is 5.18. The van der Waals surface area contributed by atoms with Crippen molar-refractivity contribution in [2.24, 2.45) is 7.05 Å². The second-order valence-corrected chi connectivity index (χ2v) is 6.52. The number of furan rings is 1. The number of rotatable bonds is 5. The Labute approximate surface area is 128 Å². The fourth-order valence-electron chi connectivity index (χ4n) is 2.37. The molecule has 3 aromatic rings. The summed E-state index contributed by atoms with van der Waals surface area (Å²) in [6.07, 6.45) is 5.46. The molecule has 0 aliphatic rings. The van der Waals surface area contributed by atoms with Crippen molar-refractivity contribution in [1.29, 1.82) is 0 Å². The van der Waals surface area contributed by atoms with Gasteiger partial charge < -0.3 is 8.98 Å². The van der Waals surface area contributed by atoms with Crippen LogP contribution in [0, 0.1) is 13.8 Å². The van der Waals surface area contributed by atoms with E-state index in [9.17, 15) is 0 Å². The number of nitrogens with one attached hydrogen (secondary N) is 1. The van der Waals surface area contributed by atoms with Gasteiger partial charge in [-0.25, -0.2) is 4.98 Å². The highest BCUT2D eigenvalue weighted by Gasteiger charge is 2.20. The highest BCUT2D eigenvalue weighted by molar-refractivity contribution is 7.12. The molecule has 110 valence electrons. The zero-order chi connectivity index (χ0) is 14.8. The van der Waals surface area contributed by atoms with E-state index < -0.39 is 0 Å². The van der Waals surface area contributed by atoms with Gasteiger partial charge in [-0.05, 0) is 37.6 Å². The third kappa shape index (κ3) is 2.94. The number of imidazole rings is 1. The van der Waals surface area contributed by atoms with Crippen LogP contribution in [0.2, 0.25) is 0 Å². The van der Waals surface area contributed by atoms with Gasteiger partial charge in [0, 0.05) is 35.7 Å². The zero-order valence-corrected chi connectivity index (χ0v) is 13.3. The van der Waals surface area contributed by atoms with Crippen molar-refractivity contribution < 1.29 is 4.42 Å². The van der Waals surface area contributed by atoms with Gasteiger partial charge in [0.1, 0.15) is 17.6 Å². The predicted octanol–water partition coefficient (Wildman–Crippen LogP) is 3.57. The number of aryl methyl sites for hydroxylation is 3. The number of thiophene rings is 1. The summed E-state index contributed by atoms with van der Waals surface area (Å²) in [4.78, 5) is 7.15. The molecule has 0 aromatic carbocycles. The molecule has 0 aliphatic heterocycles. The summed E-state index contributed by atoms with van der Waals surface area (Å²) in [5.74, 6) is 1.84. The van der Waals surface area contributed by atoms with Crippen molar-refractivity contribution >= 4 is 11.3 Å². The molecule has 0 radical (unpaired) electrons. The zero-order valence-electron chi connectivity index (χ0n) is 12.5. The van der Waals surface area contributed by atoms with Crippen LogP contribution >= 0.6 is 11.3 Å². The third-order valence-corrected chi connectivity index (χ3v) is 4.79. The Morgan fingerprint density at radius 2 is 2.29 bits per heavy atom. The minimum absolute atomic E-state index is 0.0392. The quantitative estimate of drug-likeness (QED) is 0.783. The van der Waals surface area contributed by atoms with Gasteiger partial charge in [-0.3, -0.25) is 5.32 Å². The molecular formula is C16H19N3OS. The van der Waals surface area contributed by atoms with Crippen LogP contribution in [0.15, 0.2) is 41.3 Å². The fourth-order valence-corrected chi connectivity index (χ4v) is 3.37. The first-order chi connectivity index (χ1) is 10.1. The molecular weight excluding hydrogens is 282 g/mol. The topological polar surface area (TPSA) is 43.0 Å². The lowest BCUT2D eigenvalue weighted by atomic mass is 10.2. The van der Waals surface area contributed by atoms with E-state index in [1.54, 1.807) is 6.26 Å². The molecule has 3 heterocycles. The third-order valence-electron chi connectivity index (χ3n) is 3.64. The van der Waals surface area contributed by atoms with Crippen LogP contribution in [-0.4, -0.2) is 9.55 Å². The summed E-state index contributed by atoms with van der Waals surface area (Å²) >= 11 is 1.83. The lowest BCUT2D eigenvalue weighted by Gasteiger charge is -2.16. The Balaban J connectivity index is 1.82. The molecule has 1 atom stereocenters. The van der Waals surface area contributed by atoms with E-state index in [0.29, 0.717) is 0 Å². The van der Waals surface area contributed by atoms with E-state index in [1.807, 2.05) is 47.5 Å². The van der Waals surface area contributed by atoms with E-state index >= 15 is 0 Å². The Kier molecular flexibility index (Phi) is 3.94. The largest absolute Gasteiger partial charge is 0.467 e. The average Bonchev–Trinajstić information content (AvgIpc) is 3.16. The number of aromatic nitrogens is 2. The molecule has 0 aliphatic carbocycles. The van der Waals surface area contributed by atoms with Crippen LogP contribution in [-0.2, 0) is 13.6 Å². The smallest absolute Gasteiger partial charge is 0.133 e. The summed E-state index contributed by atoms with van der Waals surface area (Å²) in [5.41, 5.74) is 1.35. The van der Waals surface area contributed by atoms with Crippen LogP contribution in [0.5, 0.6) is 0 Å². The van der Waals surface area contributed by atoms with Crippen LogP contribution < -0.4 is 5.32 Å². The van der Waals surface area contributed by atoms with E-state index in [-0.39, 0.29) is 6.04 Å². The number of hydrogen-bond acceptors (Lipinski definition) is 4. The van der Waals surface area contributed by atoms with Crippen molar-refractivity contribution in [2.75, 3.05) is 0 Å². The highest BCUT2D eigenvalue weighted by atomic mass is 32.1. The van der Waals surface area contributed by atoms with Crippen molar-refractivity contribution in [3.05, 3.63) is 63.8 Å². The van der Waals surface area contributed by atoms with E-state index in [1.165, 1.54) is 15.3 Å². The molecule has 21 heavy (non-hydrogen) atoms. The van der Waals surface area contributed by atoms with Gasteiger partial charge in [0.2, 0.25) is 0 Å². The first-order valence-corrected chi connectivity index (χ1v) is 7.76. The predicted molar refractivity (Wildman–Crippen MR) is 84.4 cm³/mol. The standard InChI is InChI=1S/C16H19N3OS/c1-11-9-13(21-12(11)2)10-18-15(14-5-4-8-20-14)16-17-6-7-19(16)3/h4-9,15,18H,10H2,1-3H3. The van der Waals surface area contributed by atoms with Crippen LogP contribution in [0.4, 0.5) is 0 Å². The lowest BCUT2D eigenvalue weighted by molar-refractivity contribution is 0.430. The summed E-state index contributed by atoms with van der Waals surface area (Å²) in [7, 11) is 2.00. The van der Waals surface area contributed by atoms with Gasteiger partial charge in [0.25, 0.3) is 0 Å². The van der Waals surface area contributed by atoms with Crippen LogP contribution in [0.3, 0.4) is 0 Å². The van der Waals surface area contributed by atoms with Crippen LogP contribution in [0.25, 0.3) is 0 Å². The van der Waals surface area contributed by atoms with Crippen molar-refractivity contribution in [2.45, 2.75) is 26.4 Å². The van der Waals surface area contributed by atoms with E-state index in [2.05, 4.69) is 30.2 Å². The van der Waals surface area contributed by atoms with Crippen molar-refractivity contribution in [3.63, 3.8) is 0 Å². The molecule has 1 unspecified atom stereocenters. The molecule has 0 bridgehead atoms. The number of nitrogens with zero attached hydrogens (tertiary/aromatic N) is 2. The van der Waals surface area contributed by atoms with Crippen molar-refractivity contribution in [3.8, 4) is 0 Å². The van der Waals surface area contributed by atoms with E-state index in [4.69, 9.17) is 4.42 Å². The van der Waals surface area contributed by atoms with Gasteiger partial charge >= 0.3 is 0 Å². The molecule has 0 fully saturated rings. The minimum atomic E-state index is -0.0392. The average molecular weight is 301 g/mol. The normalized spacial score (nSPS) is 12.7. The Hall–Kier alpha value is -1.85. The molecule has 0 spiro atoms. The first kappa shape index (κ1) is 14.1. The Morgan fingerprint density at radius 1 is 1.43 bits per heavy atom. The first-order valence-electron chi connectivity index (χ1n) is 6.95. The minimum Gasteiger partial charge on any atom is -0.467 e. The summed E-state index contributed by atoms with van der Waals surface area (Å²) in [5, 5.41) is 3.56. The summed E-state index contributed by atoms with van der Waals surface area (Å²) in [6.45, 7) is 5.11. The van der Waals surface area contributed by atoms with Gasteiger partial charge in [0.15, 0.2) is 0 Å². The van der Waals surface area contributed by atoms with Gasteiger partial charge in [-0.2, -0.15) is 0 Å². The molecule has 4 nitrogen and oxygen atoms in total. The molecule has 0 amide bonds. The molecule has 0 saturated heterocycles. The summed E-state index contributed by atoms with van der Waals surface area (Å²) in [6, 6.07) is 6.09. The summed E-state index contributed by atoms with van der Waals surface area (Å²) < 4.78 is 7.60. The van der Waals surface area contributed by atoms with E-state index in [0.717, 1.165) is 18.1 Å². The molecule has 1 N–H and O–H groups in total. The maximum atomic E-state index is 5.58. The maximum absolute atomic E-state index is 5.58. The lowest BCUT2D eigenvalue weighted by Crippen LogP contribution is -2.24. The molecule has 5 heteroatoms. The maximum Gasteiger partial charge on any atom is 0.133 e. The molecule has 3 aromatic heterocycles. The van der Waals surface area contributed by atoms with Gasteiger partial charge in [-0.15, -0.1) is 11.3 Å². The molecule has 0 saturated carbocycles. The Morgan fingerprint density at radius 3 is 2.86 bits per heavy atom. The SMILES string of the molecule is Cc1cc(CNC(c2ccco2)c2nccn2C)sc1C. The monoisotopic (exact) mass is 301 g/mol. The van der Waals surface area contributed by atoms with Crippen LogP contribution in [0.1, 0.15) is 32.9 Å². The fraction of sp³-hybridized carbons (Fsp3) is 0.312. The Bertz CT molecular complexity index is 692.